The van der Waals surface area contributed by atoms with Gasteiger partial charge in [-0.25, -0.2) is 0 Å². The summed E-state index contributed by atoms with van der Waals surface area (Å²) in [6.45, 7) is 4.98. The van der Waals surface area contributed by atoms with Crippen molar-refractivity contribution in [2.45, 2.75) is 174 Å². The summed E-state index contributed by atoms with van der Waals surface area (Å²) in [5, 5.41) is 9.11. The maximum absolute atomic E-state index is 9.11. The molecule has 0 aliphatic carbocycles. The predicted molar refractivity (Wildman–Crippen MR) is 137 cm³/mol. The lowest BCUT2D eigenvalue weighted by atomic mass is 9.90. The first-order valence-corrected chi connectivity index (χ1v) is 14.5. The number of rotatable bonds is 26. The van der Waals surface area contributed by atoms with Crippen molar-refractivity contribution in [3.05, 3.63) is 0 Å². The van der Waals surface area contributed by atoms with Gasteiger partial charge in [0.15, 0.2) is 0 Å². The molecule has 30 heavy (non-hydrogen) atoms. The summed E-state index contributed by atoms with van der Waals surface area (Å²) < 4.78 is 0. The molecule has 1 nitrogen and oxygen atoms in total. The molecule has 182 valence electrons. The number of aliphatic hydroxyl groups excluding tert-OH is 1. The minimum Gasteiger partial charge on any atom is -0.396 e. The highest BCUT2D eigenvalue weighted by molar-refractivity contribution is 4.62. The summed E-state index contributed by atoms with van der Waals surface area (Å²) in [5.74, 6) is 0.930. The third-order valence-corrected chi connectivity index (χ3v) is 6.95. The fraction of sp³-hybridized carbons (Fsp3) is 1.00. The van der Waals surface area contributed by atoms with Gasteiger partial charge in [0.25, 0.3) is 0 Å². The molecule has 0 bridgehead atoms. The Bertz CT molecular complexity index is 264. The van der Waals surface area contributed by atoms with Gasteiger partial charge in [-0.2, -0.15) is 0 Å². The Kier molecular flexibility index (Phi) is 27.0. The maximum atomic E-state index is 9.11. The van der Waals surface area contributed by atoms with Crippen LogP contribution in [0.2, 0.25) is 0 Å². The van der Waals surface area contributed by atoms with Gasteiger partial charge in [-0.05, 0) is 12.3 Å². The quantitative estimate of drug-likeness (QED) is 0.137. The van der Waals surface area contributed by atoms with E-state index in [0.717, 1.165) is 12.3 Å². The van der Waals surface area contributed by atoms with Crippen molar-refractivity contribution in [3.63, 3.8) is 0 Å². The van der Waals surface area contributed by atoms with Crippen LogP contribution in [-0.4, -0.2) is 11.7 Å². The molecule has 0 unspecified atom stereocenters. The van der Waals surface area contributed by atoms with Crippen LogP contribution in [-0.2, 0) is 0 Å². The smallest absolute Gasteiger partial charge is 0.0431 e. The van der Waals surface area contributed by atoms with Gasteiger partial charge in [0.05, 0.1) is 0 Å². The van der Waals surface area contributed by atoms with Crippen LogP contribution in [0.5, 0.6) is 0 Å². The summed E-state index contributed by atoms with van der Waals surface area (Å²) in [6.07, 6.45) is 35.3. The predicted octanol–water partition coefficient (Wildman–Crippen LogP) is 10.4. The van der Waals surface area contributed by atoms with E-state index < -0.39 is 0 Å². The molecule has 0 heterocycles. The van der Waals surface area contributed by atoms with Crippen LogP contribution >= 0.6 is 0 Å². The second-order valence-electron chi connectivity index (χ2n) is 10.0. The van der Waals surface area contributed by atoms with E-state index in [-0.39, 0.29) is 0 Å². The summed E-state index contributed by atoms with van der Waals surface area (Å²) in [5.41, 5.74) is 0. The molecule has 0 radical (unpaired) electrons. The molecule has 0 fully saturated rings. The highest BCUT2D eigenvalue weighted by Gasteiger charge is 2.08. The summed E-state index contributed by atoms with van der Waals surface area (Å²) in [4.78, 5) is 0. The van der Waals surface area contributed by atoms with E-state index in [1.54, 1.807) is 0 Å². The molecule has 0 saturated heterocycles. The zero-order valence-electron chi connectivity index (χ0n) is 21.4. The van der Waals surface area contributed by atoms with Gasteiger partial charge in [0.1, 0.15) is 0 Å². The Balaban J connectivity index is 3.61. The fourth-order valence-electron chi connectivity index (χ4n) is 4.82. The third kappa shape index (κ3) is 24.2. The molecular formula is C29H60O. The van der Waals surface area contributed by atoms with Crippen LogP contribution in [0.3, 0.4) is 0 Å². The molecule has 1 N–H and O–H groups in total. The molecule has 0 aliphatic rings. The van der Waals surface area contributed by atoms with Crippen molar-refractivity contribution < 1.29 is 5.11 Å². The number of hydrogen-bond acceptors (Lipinski definition) is 1. The summed E-state index contributed by atoms with van der Waals surface area (Å²) in [6, 6.07) is 0. The van der Waals surface area contributed by atoms with Crippen LogP contribution in [0.4, 0.5) is 0 Å². The van der Waals surface area contributed by atoms with E-state index >= 15 is 0 Å². The van der Waals surface area contributed by atoms with Gasteiger partial charge in [0.2, 0.25) is 0 Å². The lowest BCUT2D eigenvalue weighted by molar-refractivity contribution is 0.272. The van der Waals surface area contributed by atoms with E-state index in [2.05, 4.69) is 13.8 Å². The van der Waals surface area contributed by atoms with Crippen LogP contribution in [0.25, 0.3) is 0 Å². The first kappa shape index (κ1) is 30.0. The van der Waals surface area contributed by atoms with Gasteiger partial charge >= 0.3 is 0 Å². The molecule has 0 aromatic carbocycles. The van der Waals surface area contributed by atoms with Crippen molar-refractivity contribution >= 4 is 0 Å². The van der Waals surface area contributed by atoms with Crippen LogP contribution in [0.1, 0.15) is 174 Å². The average Bonchev–Trinajstić information content (AvgIpc) is 2.76. The standard InChI is InChI=1S/C29H60O/c1-3-5-7-9-11-13-15-17-19-21-25-29(27-23-24-28-30)26-22-20-18-16-14-12-10-8-6-4-2/h29-30H,3-28H2,1-2H3. The molecule has 0 aromatic rings. The molecule has 0 spiro atoms. The van der Waals surface area contributed by atoms with Gasteiger partial charge in [-0.15, -0.1) is 0 Å². The molecule has 0 amide bonds. The van der Waals surface area contributed by atoms with E-state index in [1.807, 2.05) is 0 Å². The van der Waals surface area contributed by atoms with Crippen molar-refractivity contribution in [2.75, 3.05) is 6.61 Å². The number of hydrogen-bond donors (Lipinski definition) is 1. The van der Waals surface area contributed by atoms with Crippen LogP contribution < -0.4 is 0 Å². The second kappa shape index (κ2) is 27.0. The Morgan fingerprint density at radius 1 is 0.367 bits per heavy atom. The molecule has 0 aromatic heterocycles. The minimum absolute atomic E-state index is 0.378. The van der Waals surface area contributed by atoms with E-state index in [1.165, 1.54) is 154 Å². The van der Waals surface area contributed by atoms with Gasteiger partial charge in [-0.1, -0.05) is 168 Å². The van der Waals surface area contributed by atoms with Gasteiger partial charge < -0.3 is 5.11 Å². The molecule has 0 atom stereocenters. The fourth-order valence-corrected chi connectivity index (χ4v) is 4.82. The monoisotopic (exact) mass is 424 g/mol. The second-order valence-corrected chi connectivity index (χ2v) is 10.0. The third-order valence-electron chi connectivity index (χ3n) is 6.95. The van der Waals surface area contributed by atoms with Gasteiger partial charge in [0, 0.05) is 6.61 Å². The zero-order chi connectivity index (χ0) is 22.0. The normalized spacial score (nSPS) is 11.6. The maximum Gasteiger partial charge on any atom is 0.0431 e. The van der Waals surface area contributed by atoms with Crippen LogP contribution in [0.15, 0.2) is 0 Å². The Hall–Kier alpha value is -0.0400. The number of unbranched alkanes of at least 4 members (excludes halogenated alkanes) is 19. The molecule has 0 rings (SSSR count). The Labute approximate surface area is 192 Å². The average molecular weight is 425 g/mol. The summed E-state index contributed by atoms with van der Waals surface area (Å²) >= 11 is 0. The summed E-state index contributed by atoms with van der Waals surface area (Å²) in [7, 11) is 0. The molecule has 0 aliphatic heterocycles. The van der Waals surface area contributed by atoms with E-state index in [4.69, 9.17) is 5.11 Å². The van der Waals surface area contributed by atoms with Gasteiger partial charge in [-0.3, -0.25) is 0 Å². The molecule has 0 saturated carbocycles. The van der Waals surface area contributed by atoms with E-state index in [0.29, 0.717) is 6.61 Å². The first-order valence-electron chi connectivity index (χ1n) is 14.5. The minimum atomic E-state index is 0.378. The largest absolute Gasteiger partial charge is 0.396 e. The molecule has 1 heteroatoms. The highest BCUT2D eigenvalue weighted by atomic mass is 16.2. The van der Waals surface area contributed by atoms with Crippen molar-refractivity contribution in [2.24, 2.45) is 5.92 Å². The SMILES string of the molecule is CCCCCCCCCCCCC(CCCCO)CCCCCCCCCCCC. The van der Waals surface area contributed by atoms with Crippen molar-refractivity contribution in [1.29, 1.82) is 0 Å². The first-order chi connectivity index (χ1) is 14.8. The lowest BCUT2D eigenvalue weighted by Crippen LogP contribution is -2.02. The highest BCUT2D eigenvalue weighted by Crippen LogP contribution is 2.24. The van der Waals surface area contributed by atoms with E-state index in [9.17, 15) is 0 Å². The zero-order valence-corrected chi connectivity index (χ0v) is 21.4. The van der Waals surface area contributed by atoms with Crippen LogP contribution in [0, 0.1) is 5.92 Å². The Morgan fingerprint density at radius 2 is 0.633 bits per heavy atom. The van der Waals surface area contributed by atoms with Crippen molar-refractivity contribution in [3.8, 4) is 0 Å². The Morgan fingerprint density at radius 3 is 0.933 bits per heavy atom. The molecular weight excluding hydrogens is 364 g/mol. The number of aliphatic hydroxyl groups is 1. The topological polar surface area (TPSA) is 20.2 Å². The van der Waals surface area contributed by atoms with Crippen molar-refractivity contribution in [1.82, 2.24) is 0 Å². The lowest BCUT2D eigenvalue weighted by Gasteiger charge is -2.17.